The quantitative estimate of drug-likeness (QED) is 0.315. The van der Waals surface area contributed by atoms with Gasteiger partial charge in [0.1, 0.15) is 23.1 Å². The van der Waals surface area contributed by atoms with Crippen molar-refractivity contribution in [1.82, 2.24) is 30.0 Å². The van der Waals surface area contributed by atoms with E-state index in [-0.39, 0.29) is 29.3 Å². The first kappa shape index (κ1) is 26.6. The van der Waals surface area contributed by atoms with E-state index in [9.17, 15) is 18.4 Å². The molecule has 5 rings (SSSR count). The van der Waals surface area contributed by atoms with Crippen LogP contribution in [0.2, 0.25) is 0 Å². The van der Waals surface area contributed by atoms with E-state index in [2.05, 4.69) is 25.4 Å². The zero-order valence-electron chi connectivity index (χ0n) is 21.9. The fourth-order valence-electron chi connectivity index (χ4n) is 5.01. The van der Waals surface area contributed by atoms with Crippen molar-refractivity contribution in [3.8, 4) is 23.1 Å². The van der Waals surface area contributed by atoms with Gasteiger partial charge in [-0.25, -0.2) is 9.67 Å². The molecule has 0 amide bonds. The highest BCUT2D eigenvalue weighted by Gasteiger charge is 2.35. The largest absolute Gasteiger partial charge is 0.493 e. The molecule has 204 valence electrons. The number of fused-ring (bicyclic) bond motifs is 1. The SMILES string of the molecule is Cc1noc(C)c1CN1CCC(CCOc2ccc(-c3cc4c(nnn4C)c(C#N)n3)cc2C(F)(F)F)CC1. The van der Waals surface area contributed by atoms with Crippen LogP contribution >= 0.6 is 0 Å². The predicted octanol–water partition coefficient (Wildman–Crippen LogP) is 5.21. The Morgan fingerprint density at radius 3 is 2.62 bits per heavy atom. The van der Waals surface area contributed by atoms with E-state index >= 15 is 0 Å². The van der Waals surface area contributed by atoms with Crippen molar-refractivity contribution in [2.45, 2.75) is 45.8 Å². The number of hydrogen-bond donors (Lipinski definition) is 0. The van der Waals surface area contributed by atoms with Crippen LogP contribution < -0.4 is 4.74 Å². The van der Waals surface area contributed by atoms with Crippen molar-refractivity contribution in [3.63, 3.8) is 0 Å². The molecule has 3 aromatic heterocycles. The average molecular weight is 540 g/mol. The normalized spacial score (nSPS) is 15.1. The topological polar surface area (TPSA) is 106 Å². The minimum absolute atomic E-state index is 0.00207. The highest BCUT2D eigenvalue weighted by atomic mass is 19.4. The van der Waals surface area contributed by atoms with Crippen LogP contribution in [0.1, 0.15) is 47.5 Å². The number of ether oxygens (including phenoxy) is 1. The van der Waals surface area contributed by atoms with Crippen molar-refractivity contribution in [2.75, 3.05) is 19.7 Å². The lowest BCUT2D eigenvalue weighted by Gasteiger charge is -2.31. The lowest BCUT2D eigenvalue weighted by Crippen LogP contribution is -2.34. The molecule has 4 aromatic rings. The van der Waals surface area contributed by atoms with Gasteiger partial charge in [-0.2, -0.15) is 18.4 Å². The molecule has 1 aliphatic rings. The van der Waals surface area contributed by atoms with Gasteiger partial charge in [0.15, 0.2) is 5.69 Å². The summed E-state index contributed by atoms with van der Waals surface area (Å²) in [5.74, 6) is 1.00. The van der Waals surface area contributed by atoms with Crippen molar-refractivity contribution in [2.24, 2.45) is 13.0 Å². The van der Waals surface area contributed by atoms with Crippen LogP contribution in [0.4, 0.5) is 13.2 Å². The summed E-state index contributed by atoms with van der Waals surface area (Å²) in [6.07, 6.45) is -2.04. The van der Waals surface area contributed by atoms with Crippen LogP contribution in [0.3, 0.4) is 0 Å². The maximum atomic E-state index is 14.0. The van der Waals surface area contributed by atoms with E-state index in [1.807, 2.05) is 19.9 Å². The Morgan fingerprint density at radius 2 is 1.95 bits per heavy atom. The average Bonchev–Trinajstić information content (AvgIpc) is 3.45. The van der Waals surface area contributed by atoms with Crippen LogP contribution in [0, 0.1) is 31.1 Å². The highest BCUT2D eigenvalue weighted by Crippen LogP contribution is 2.39. The molecular formula is C27H28F3N7O2. The Morgan fingerprint density at radius 1 is 1.18 bits per heavy atom. The molecular weight excluding hydrogens is 511 g/mol. The fraction of sp³-hybridized carbons (Fsp3) is 0.444. The summed E-state index contributed by atoms with van der Waals surface area (Å²) < 4.78 is 54.4. The minimum Gasteiger partial charge on any atom is -0.493 e. The maximum Gasteiger partial charge on any atom is 0.419 e. The molecule has 0 unspecified atom stereocenters. The molecule has 0 bridgehead atoms. The number of likely N-dealkylation sites (tertiary alicyclic amines) is 1. The first-order chi connectivity index (χ1) is 18.6. The molecule has 12 heteroatoms. The number of piperidine rings is 1. The summed E-state index contributed by atoms with van der Waals surface area (Å²) >= 11 is 0. The standard InChI is InChI=1S/C27H28F3N7O2/c1-16-20(17(2)39-34-16)15-37-9-6-18(7-10-37)8-11-38-25-5-4-19(12-21(25)27(28,29)30)22-13-24-26(23(14-31)32-22)33-35-36(24)3/h4-5,12-13,18H,6-11,15H2,1-3H3. The molecule has 1 aliphatic heterocycles. The molecule has 0 spiro atoms. The third-order valence-corrected chi connectivity index (χ3v) is 7.34. The number of nitrogens with zero attached hydrogens (tertiary/aromatic N) is 7. The van der Waals surface area contributed by atoms with Crippen LogP contribution in [-0.2, 0) is 19.8 Å². The molecule has 4 heterocycles. The van der Waals surface area contributed by atoms with Gasteiger partial charge in [-0.3, -0.25) is 4.90 Å². The Balaban J connectivity index is 1.24. The third-order valence-electron chi connectivity index (χ3n) is 7.34. The minimum atomic E-state index is -4.62. The number of rotatable bonds is 7. The maximum absolute atomic E-state index is 14.0. The second kappa shape index (κ2) is 10.6. The van der Waals surface area contributed by atoms with Gasteiger partial charge < -0.3 is 9.26 Å². The van der Waals surface area contributed by atoms with E-state index in [4.69, 9.17) is 9.26 Å². The van der Waals surface area contributed by atoms with Gasteiger partial charge in [0.2, 0.25) is 0 Å². The van der Waals surface area contributed by atoms with Gasteiger partial charge in [-0.1, -0.05) is 10.4 Å². The molecule has 0 aliphatic carbocycles. The lowest BCUT2D eigenvalue weighted by atomic mass is 9.93. The lowest BCUT2D eigenvalue weighted by molar-refractivity contribution is -0.138. The van der Waals surface area contributed by atoms with Gasteiger partial charge in [-0.15, -0.1) is 5.10 Å². The van der Waals surface area contributed by atoms with Crippen molar-refractivity contribution < 1.29 is 22.4 Å². The first-order valence-corrected chi connectivity index (χ1v) is 12.7. The molecule has 0 radical (unpaired) electrons. The molecule has 0 atom stereocenters. The summed E-state index contributed by atoms with van der Waals surface area (Å²) in [5.41, 5.74) is 2.41. The molecule has 0 saturated carbocycles. The van der Waals surface area contributed by atoms with E-state index in [1.165, 1.54) is 16.8 Å². The van der Waals surface area contributed by atoms with Gasteiger partial charge in [0.25, 0.3) is 0 Å². The Labute approximate surface area is 223 Å². The Hall–Kier alpha value is -3.98. The summed E-state index contributed by atoms with van der Waals surface area (Å²) in [5, 5.41) is 21.2. The fourth-order valence-corrected chi connectivity index (χ4v) is 5.01. The zero-order chi connectivity index (χ0) is 27.7. The third kappa shape index (κ3) is 5.59. The van der Waals surface area contributed by atoms with E-state index in [0.717, 1.165) is 55.6 Å². The first-order valence-electron chi connectivity index (χ1n) is 12.7. The van der Waals surface area contributed by atoms with Crippen LogP contribution in [0.25, 0.3) is 22.3 Å². The number of aromatic nitrogens is 5. The molecule has 9 nitrogen and oxygen atoms in total. The van der Waals surface area contributed by atoms with E-state index in [1.54, 1.807) is 13.1 Å². The molecule has 0 N–H and O–H groups in total. The number of alkyl halides is 3. The second-order valence-corrected chi connectivity index (χ2v) is 9.92. The molecule has 39 heavy (non-hydrogen) atoms. The summed E-state index contributed by atoms with van der Waals surface area (Å²) in [4.78, 5) is 6.58. The van der Waals surface area contributed by atoms with Crippen LogP contribution in [0.5, 0.6) is 5.75 Å². The summed E-state index contributed by atoms with van der Waals surface area (Å²) in [7, 11) is 1.64. The van der Waals surface area contributed by atoms with Gasteiger partial charge in [-0.05, 0) is 76.4 Å². The van der Waals surface area contributed by atoms with Gasteiger partial charge in [0.05, 0.1) is 29.1 Å². The zero-order valence-corrected chi connectivity index (χ0v) is 21.9. The number of halogens is 3. The number of benzene rings is 1. The van der Waals surface area contributed by atoms with Crippen molar-refractivity contribution in [3.05, 3.63) is 52.5 Å². The monoisotopic (exact) mass is 539 g/mol. The number of aryl methyl sites for hydroxylation is 3. The summed E-state index contributed by atoms with van der Waals surface area (Å²) in [6.45, 7) is 6.66. The molecule has 1 aromatic carbocycles. The predicted molar refractivity (Wildman–Crippen MR) is 136 cm³/mol. The van der Waals surface area contributed by atoms with Gasteiger partial charge >= 0.3 is 6.18 Å². The van der Waals surface area contributed by atoms with Crippen LogP contribution in [-0.4, -0.2) is 49.7 Å². The van der Waals surface area contributed by atoms with Gasteiger partial charge in [0, 0.05) is 24.7 Å². The second-order valence-electron chi connectivity index (χ2n) is 9.92. The Bertz CT molecular complexity index is 1510. The van der Waals surface area contributed by atoms with Crippen LogP contribution in [0.15, 0.2) is 28.8 Å². The highest BCUT2D eigenvalue weighted by molar-refractivity contribution is 5.83. The van der Waals surface area contributed by atoms with Crippen molar-refractivity contribution >= 4 is 11.0 Å². The Kier molecular flexibility index (Phi) is 7.27. The van der Waals surface area contributed by atoms with E-state index in [0.29, 0.717) is 23.4 Å². The number of pyridine rings is 1. The smallest absolute Gasteiger partial charge is 0.419 e. The number of nitriles is 1. The molecule has 1 saturated heterocycles. The number of hydrogen-bond acceptors (Lipinski definition) is 8. The van der Waals surface area contributed by atoms with Crippen molar-refractivity contribution in [1.29, 1.82) is 5.26 Å². The van der Waals surface area contributed by atoms with E-state index < -0.39 is 11.7 Å². The summed E-state index contributed by atoms with van der Waals surface area (Å²) in [6, 6.07) is 7.38. The molecule has 1 fully saturated rings.